The monoisotopic (exact) mass is 333 g/mol. The van der Waals surface area contributed by atoms with Gasteiger partial charge in [-0.05, 0) is 55.7 Å². The second-order valence-corrected chi connectivity index (χ2v) is 5.79. The minimum absolute atomic E-state index is 0.861. The molecule has 0 bridgehead atoms. The van der Waals surface area contributed by atoms with Crippen molar-refractivity contribution in [3.05, 3.63) is 45.9 Å². The van der Waals surface area contributed by atoms with Crippen molar-refractivity contribution in [2.75, 3.05) is 17.2 Å². The number of aryl methyl sites for hydroxylation is 2. The Bertz CT molecular complexity index is 573. The number of pyridine rings is 1. The number of hydrogen-bond acceptors (Lipinski definition) is 3. The molecule has 106 valence electrons. The highest BCUT2D eigenvalue weighted by atomic mass is 79.9. The normalized spacial score (nSPS) is 10.4. The van der Waals surface area contributed by atoms with Crippen LogP contribution >= 0.6 is 15.9 Å². The molecular weight excluding hydrogens is 314 g/mol. The quantitative estimate of drug-likeness (QED) is 0.805. The summed E-state index contributed by atoms with van der Waals surface area (Å²) in [6.45, 7) is 7.27. The SMILES string of the molecule is CCCNc1cccc(Nc2c(C)cc(Br)cc2C)n1. The maximum absolute atomic E-state index is 4.58. The van der Waals surface area contributed by atoms with Crippen LogP contribution in [0.5, 0.6) is 0 Å². The summed E-state index contributed by atoms with van der Waals surface area (Å²) in [7, 11) is 0. The number of rotatable bonds is 5. The van der Waals surface area contributed by atoms with Gasteiger partial charge in [-0.1, -0.05) is 28.9 Å². The van der Waals surface area contributed by atoms with Crippen molar-refractivity contribution in [1.29, 1.82) is 0 Å². The molecule has 0 aliphatic carbocycles. The Morgan fingerprint density at radius 3 is 2.40 bits per heavy atom. The molecule has 0 radical (unpaired) electrons. The summed E-state index contributed by atoms with van der Waals surface area (Å²) in [6, 6.07) is 10.2. The number of anilines is 3. The first kappa shape index (κ1) is 14.9. The van der Waals surface area contributed by atoms with Crippen LogP contribution in [0.1, 0.15) is 24.5 Å². The van der Waals surface area contributed by atoms with Gasteiger partial charge in [-0.3, -0.25) is 0 Å². The average molecular weight is 334 g/mol. The predicted molar refractivity (Wildman–Crippen MR) is 89.9 cm³/mol. The zero-order chi connectivity index (χ0) is 14.5. The van der Waals surface area contributed by atoms with E-state index in [0.29, 0.717) is 0 Å². The van der Waals surface area contributed by atoms with Crippen LogP contribution < -0.4 is 10.6 Å². The molecule has 20 heavy (non-hydrogen) atoms. The van der Waals surface area contributed by atoms with E-state index in [9.17, 15) is 0 Å². The zero-order valence-corrected chi connectivity index (χ0v) is 13.7. The minimum atomic E-state index is 0.861. The van der Waals surface area contributed by atoms with E-state index in [0.717, 1.165) is 34.8 Å². The molecule has 1 heterocycles. The lowest BCUT2D eigenvalue weighted by Crippen LogP contribution is -2.04. The van der Waals surface area contributed by atoms with Crippen molar-refractivity contribution in [3.8, 4) is 0 Å². The topological polar surface area (TPSA) is 37.0 Å². The minimum Gasteiger partial charge on any atom is -0.370 e. The Kier molecular flexibility index (Phi) is 5.01. The Hall–Kier alpha value is -1.55. The third-order valence-electron chi connectivity index (χ3n) is 3.06. The van der Waals surface area contributed by atoms with Crippen LogP contribution in [-0.4, -0.2) is 11.5 Å². The van der Waals surface area contributed by atoms with E-state index in [1.54, 1.807) is 0 Å². The van der Waals surface area contributed by atoms with E-state index in [4.69, 9.17) is 0 Å². The summed E-state index contributed by atoms with van der Waals surface area (Å²) in [6.07, 6.45) is 1.09. The Morgan fingerprint density at radius 2 is 1.75 bits per heavy atom. The van der Waals surface area contributed by atoms with Crippen LogP contribution in [-0.2, 0) is 0 Å². The molecule has 1 aromatic carbocycles. The molecule has 4 heteroatoms. The smallest absolute Gasteiger partial charge is 0.132 e. The number of benzene rings is 1. The van der Waals surface area contributed by atoms with Gasteiger partial charge in [0.1, 0.15) is 11.6 Å². The van der Waals surface area contributed by atoms with Crippen LogP contribution in [0, 0.1) is 13.8 Å². The van der Waals surface area contributed by atoms with Crippen LogP contribution in [0.15, 0.2) is 34.8 Å². The molecule has 2 N–H and O–H groups in total. The fourth-order valence-corrected chi connectivity index (χ4v) is 2.78. The number of nitrogens with one attached hydrogen (secondary N) is 2. The summed E-state index contributed by atoms with van der Waals surface area (Å²) >= 11 is 3.52. The summed E-state index contributed by atoms with van der Waals surface area (Å²) in [5, 5.41) is 6.71. The second kappa shape index (κ2) is 6.75. The highest BCUT2D eigenvalue weighted by molar-refractivity contribution is 9.10. The van der Waals surface area contributed by atoms with Crippen molar-refractivity contribution in [2.24, 2.45) is 0 Å². The van der Waals surface area contributed by atoms with Crippen LogP contribution in [0.2, 0.25) is 0 Å². The van der Waals surface area contributed by atoms with Gasteiger partial charge in [0.05, 0.1) is 0 Å². The van der Waals surface area contributed by atoms with Gasteiger partial charge in [-0.2, -0.15) is 0 Å². The first-order valence-electron chi connectivity index (χ1n) is 6.85. The average Bonchev–Trinajstić information content (AvgIpc) is 2.41. The molecular formula is C16H20BrN3. The lowest BCUT2D eigenvalue weighted by atomic mass is 10.1. The molecule has 0 unspecified atom stereocenters. The highest BCUT2D eigenvalue weighted by Gasteiger charge is 2.05. The number of nitrogens with zero attached hydrogens (tertiary/aromatic N) is 1. The number of halogens is 1. The van der Waals surface area contributed by atoms with Gasteiger partial charge in [0.15, 0.2) is 0 Å². The van der Waals surface area contributed by atoms with Crippen LogP contribution in [0.25, 0.3) is 0 Å². The molecule has 3 nitrogen and oxygen atoms in total. The standard InChI is InChI=1S/C16H20BrN3/c1-4-8-18-14-6-5-7-15(19-14)20-16-11(2)9-13(17)10-12(16)3/h5-7,9-10H,4,8H2,1-3H3,(H2,18,19,20). The Labute approximate surface area is 129 Å². The van der Waals surface area contributed by atoms with Gasteiger partial charge in [0.2, 0.25) is 0 Å². The van der Waals surface area contributed by atoms with Gasteiger partial charge in [0.25, 0.3) is 0 Å². The van der Waals surface area contributed by atoms with Crippen LogP contribution in [0.3, 0.4) is 0 Å². The van der Waals surface area contributed by atoms with Gasteiger partial charge in [-0.25, -0.2) is 4.98 Å². The maximum Gasteiger partial charge on any atom is 0.132 e. The molecule has 0 fully saturated rings. The Balaban J connectivity index is 2.22. The summed E-state index contributed by atoms with van der Waals surface area (Å²) in [4.78, 5) is 4.58. The fourth-order valence-electron chi connectivity index (χ4n) is 2.09. The van der Waals surface area contributed by atoms with Crippen LogP contribution in [0.4, 0.5) is 17.3 Å². The predicted octanol–water partition coefficient (Wildman–Crippen LogP) is 5.03. The van der Waals surface area contributed by atoms with Crippen molar-refractivity contribution < 1.29 is 0 Å². The van der Waals surface area contributed by atoms with Crippen molar-refractivity contribution in [3.63, 3.8) is 0 Å². The third-order valence-corrected chi connectivity index (χ3v) is 3.51. The van der Waals surface area contributed by atoms with E-state index in [-0.39, 0.29) is 0 Å². The summed E-state index contributed by atoms with van der Waals surface area (Å²) in [5.74, 6) is 1.77. The lowest BCUT2D eigenvalue weighted by Gasteiger charge is -2.14. The molecule has 2 rings (SSSR count). The lowest BCUT2D eigenvalue weighted by molar-refractivity contribution is 0.970. The van der Waals surface area contributed by atoms with Gasteiger partial charge >= 0.3 is 0 Å². The van der Waals surface area contributed by atoms with Gasteiger partial charge in [-0.15, -0.1) is 0 Å². The van der Waals surface area contributed by atoms with E-state index < -0.39 is 0 Å². The zero-order valence-electron chi connectivity index (χ0n) is 12.1. The highest BCUT2D eigenvalue weighted by Crippen LogP contribution is 2.27. The largest absolute Gasteiger partial charge is 0.370 e. The molecule has 0 aliphatic rings. The van der Waals surface area contributed by atoms with Gasteiger partial charge in [0, 0.05) is 16.7 Å². The Morgan fingerprint density at radius 1 is 1.10 bits per heavy atom. The van der Waals surface area contributed by atoms with Gasteiger partial charge < -0.3 is 10.6 Å². The van der Waals surface area contributed by atoms with Crippen molar-refractivity contribution in [2.45, 2.75) is 27.2 Å². The first-order valence-corrected chi connectivity index (χ1v) is 7.64. The number of aromatic nitrogens is 1. The number of hydrogen-bond donors (Lipinski definition) is 2. The van der Waals surface area contributed by atoms with Crippen molar-refractivity contribution in [1.82, 2.24) is 4.98 Å². The molecule has 0 saturated heterocycles. The molecule has 0 amide bonds. The molecule has 1 aromatic heterocycles. The molecule has 0 atom stereocenters. The summed E-state index contributed by atoms with van der Waals surface area (Å²) in [5.41, 5.74) is 3.52. The third kappa shape index (κ3) is 3.73. The van der Waals surface area contributed by atoms with Crippen molar-refractivity contribution >= 4 is 33.3 Å². The fraction of sp³-hybridized carbons (Fsp3) is 0.312. The molecule has 0 aliphatic heterocycles. The van der Waals surface area contributed by atoms with E-state index >= 15 is 0 Å². The van der Waals surface area contributed by atoms with E-state index in [1.165, 1.54) is 11.1 Å². The molecule has 0 saturated carbocycles. The molecule has 2 aromatic rings. The van der Waals surface area contributed by atoms with E-state index in [2.05, 4.69) is 64.5 Å². The summed E-state index contributed by atoms with van der Waals surface area (Å²) < 4.78 is 1.10. The maximum atomic E-state index is 4.58. The first-order chi connectivity index (χ1) is 9.60. The van der Waals surface area contributed by atoms with E-state index in [1.807, 2.05) is 18.2 Å². The second-order valence-electron chi connectivity index (χ2n) is 4.87. The molecule has 0 spiro atoms.